The standard InChI is InChI=1S/C16H24O2/c1-10-8-11(9-17)14(18)13(16(5,6)7)12(10)15(2,3)4/h8-9,12,18H,1H2,2-7H3. The van der Waals surface area contributed by atoms with Crippen molar-refractivity contribution in [3.05, 3.63) is 35.1 Å². The van der Waals surface area contributed by atoms with Crippen LogP contribution in [0.15, 0.2) is 35.1 Å². The van der Waals surface area contributed by atoms with Crippen molar-refractivity contribution in [1.82, 2.24) is 0 Å². The van der Waals surface area contributed by atoms with Gasteiger partial charge in [-0.1, -0.05) is 48.1 Å². The summed E-state index contributed by atoms with van der Waals surface area (Å²) in [5, 5.41) is 10.4. The molecule has 1 aliphatic rings. The van der Waals surface area contributed by atoms with Gasteiger partial charge >= 0.3 is 0 Å². The Balaban J connectivity index is 3.53. The van der Waals surface area contributed by atoms with Gasteiger partial charge in [-0.25, -0.2) is 0 Å². The van der Waals surface area contributed by atoms with Gasteiger partial charge in [0.2, 0.25) is 0 Å². The van der Waals surface area contributed by atoms with Crippen LogP contribution in [0, 0.1) is 16.7 Å². The van der Waals surface area contributed by atoms with Gasteiger partial charge in [0.25, 0.3) is 0 Å². The van der Waals surface area contributed by atoms with Crippen molar-refractivity contribution in [3.63, 3.8) is 0 Å². The highest BCUT2D eigenvalue weighted by Gasteiger charge is 2.40. The highest BCUT2D eigenvalue weighted by Crippen LogP contribution is 2.49. The van der Waals surface area contributed by atoms with Gasteiger partial charge in [-0.15, -0.1) is 0 Å². The zero-order valence-corrected chi connectivity index (χ0v) is 12.3. The third-order valence-electron chi connectivity index (χ3n) is 3.33. The Bertz CT molecular complexity index is 437. The first kappa shape index (κ1) is 14.7. The molecule has 0 heterocycles. The largest absolute Gasteiger partial charge is 0.507 e. The van der Waals surface area contributed by atoms with Crippen LogP contribution in [0.3, 0.4) is 0 Å². The molecule has 0 aromatic rings. The van der Waals surface area contributed by atoms with Gasteiger partial charge in [0.05, 0.1) is 5.57 Å². The Labute approximate surface area is 110 Å². The topological polar surface area (TPSA) is 37.3 Å². The van der Waals surface area contributed by atoms with E-state index in [0.717, 1.165) is 11.1 Å². The number of aliphatic hydroxyl groups excluding tert-OH is 1. The van der Waals surface area contributed by atoms with Crippen molar-refractivity contribution in [2.75, 3.05) is 0 Å². The Hall–Kier alpha value is -1.31. The van der Waals surface area contributed by atoms with E-state index in [1.54, 1.807) is 6.08 Å². The van der Waals surface area contributed by atoms with Gasteiger partial charge in [-0.05, 0) is 28.1 Å². The molecule has 1 unspecified atom stereocenters. The first-order valence-corrected chi connectivity index (χ1v) is 6.29. The van der Waals surface area contributed by atoms with E-state index >= 15 is 0 Å². The maximum Gasteiger partial charge on any atom is 0.153 e. The lowest BCUT2D eigenvalue weighted by Crippen LogP contribution is -2.33. The molecule has 18 heavy (non-hydrogen) atoms. The second-order valence-electron chi connectivity index (χ2n) is 7.10. The number of carbonyl (C=O) groups excluding carboxylic acids is 1. The molecule has 1 rings (SSSR count). The monoisotopic (exact) mass is 248 g/mol. The number of carbonyl (C=O) groups is 1. The van der Waals surface area contributed by atoms with E-state index < -0.39 is 0 Å². The number of hydrogen-bond donors (Lipinski definition) is 1. The van der Waals surface area contributed by atoms with E-state index in [1.165, 1.54) is 0 Å². The normalized spacial score (nSPS) is 22.0. The van der Waals surface area contributed by atoms with E-state index in [2.05, 4.69) is 48.1 Å². The maximum absolute atomic E-state index is 11.0. The molecule has 2 heteroatoms. The molecule has 100 valence electrons. The molecule has 0 fully saturated rings. The number of aldehydes is 1. The zero-order chi connectivity index (χ0) is 14.3. The Kier molecular flexibility index (Phi) is 3.62. The van der Waals surface area contributed by atoms with Crippen molar-refractivity contribution in [2.24, 2.45) is 16.7 Å². The number of rotatable bonds is 1. The van der Waals surface area contributed by atoms with Gasteiger partial charge in [0, 0.05) is 5.92 Å². The summed E-state index contributed by atoms with van der Waals surface area (Å²) in [5.41, 5.74) is 1.90. The molecule has 1 aliphatic carbocycles. The third kappa shape index (κ3) is 2.58. The van der Waals surface area contributed by atoms with Crippen molar-refractivity contribution in [1.29, 1.82) is 0 Å². The van der Waals surface area contributed by atoms with Crippen LogP contribution in [0.25, 0.3) is 0 Å². The van der Waals surface area contributed by atoms with E-state index in [0.29, 0.717) is 11.9 Å². The molecule has 0 aromatic heterocycles. The summed E-state index contributed by atoms with van der Waals surface area (Å²) in [6.45, 7) is 16.6. The minimum absolute atomic E-state index is 0.0431. The summed E-state index contributed by atoms with van der Waals surface area (Å²) >= 11 is 0. The maximum atomic E-state index is 11.0. The fourth-order valence-electron chi connectivity index (χ4n) is 2.70. The van der Waals surface area contributed by atoms with Crippen molar-refractivity contribution in [2.45, 2.75) is 41.5 Å². The molecule has 0 aromatic carbocycles. The van der Waals surface area contributed by atoms with Gasteiger partial charge in [-0.3, -0.25) is 4.79 Å². The Morgan fingerprint density at radius 2 is 1.72 bits per heavy atom. The predicted octanol–water partition coefficient (Wildman–Crippen LogP) is 4.20. The first-order chi connectivity index (χ1) is 8.00. The average molecular weight is 248 g/mol. The smallest absolute Gasteiger partial charge is 0.153 e. The fraction of sp³-hybridized carbons (Fsp3) is 0.562. The first-order valence-electron chi connectivity index (χ1n) is 6.29. The van der Waals surface area contributed by atoms with Gasteiger partial charge < -0.3 is 5.11 Å². The summed E-state index contributed by atoms with van der Waals surface area (Å²) in [6.07, 6.45) is 2.40. The highest BCUT2D eigenvalue weighted by molar-refractivity contribution is 5.82. The van der Waals surface area contributed by atoms with Crippen LogP contribution in [-0.4, -0.2) is 11.4 Å². The predicted molar refractivity (Wildman–Crippen MR) is 75.3 cm³/mol. The molecule has 0 saturated heterocycles. The van der Waals surface area contributed by atoms with Crippen LogP contribution >= 0.6 is 0 Å². The van der Waals surface area contributed by atoms with Crippen molar-refractivity contribution < 1.29 is 9.90 Å². The molecule has 0 aliphatic heterocycles. The van der Waals surface area contributed by atoms with Gasteiger partial charge in [0.1, 0.15) is 5.76 Å². The molecule has 0 saturated carbocycles. The lowest BCUT2D eigenvalue weighted by molar-refractivity contribution is -0.105. The number of allylic oxidation sites excluding steroid dienone is 4. The minimum atomic E-state index is -0.201. The molecule has 0 bridgehead atoms. The Morgan fingerprint density at radius 1 is 1.22 bits per heavy atom. The zero-order valence-electron chi connectivity index (χ0n) is 12.3. The van der Waals surface area contributed by atoms with Crippen molar-refractivity contribution >= 4 is 6.29 Å². The third-order valence-corrected chi connectivity index (χ3v) is 3.33. The SMILES string of the molecule is C=C1C=C(C=O)C(O)=C(C(C)(C)C)C1C(C)(C)C. The Morgan fingerprint density at radius 3 is 2.06 bits per heavy atom. The molecule has 0 spiro atoms. The van der Waals surface area contributed by atoms with Crippen molar-refractivity contribution in [3.8, 4) is 0 Å². The fourth-order valence-corrected chi connectivity index (χ4v) is 2.70. The summed E-state index contributed by atoms with van der Waals surface area (Å²) < 4.78 is 0. The quantitative estimate of drug-likeness (QED) is 0.706. The van der Waals surface area contributed by atoms with Crippen LogP contribution in [0.2, 0.25) is 0 Å². The average Bonchev–Trinajstić information content (AvgIpc) is 2.16. The lowest BCUT2D eigenvalue weighted by atomic mass is 9.63. The van der Waals surface area contributed by atoms with E-state index in [1.807, 2.05) is 0 Å². The molecular weight excluding hydrogens is 224 g/mol. The minimum Gasteiger partial charge on any atom is -0.507 e. The van der Waals surface area contributed by atoms with Crippen LogP contribution < -0.4 is 0 Å². The van der Waals surface area contributed by atoms with E-state index in [-0.39, 0.29) is 22.5 Å². The van der Waals surface area contributed by atoms with Crippen LogP contribution in [0.4, 0.5) is 0 Å². The number of hydrogen-bond acceptors (Lipinski definition) is 2. The van der Waals surface area contributed by atoms with Gasteiger partial charge in [-0.2, -0.15) is 0 Å². The molecule has 1 atom stereocenters. The molecule has 1 N–H and O–H groups in total. The summed E-state index contributed by atoms with van der Waals surface area (Å²) in [4.78, 5) is 11.0. The van der Waals surface area contributed by atoms with Crippen LogP contribution in [-0.2, 0) is 4.79 Å². The van der Waals surface area contributed by atoms with Gasteiger partial charge in [0.15, 0.2) is 6.29 Å². The second-order valence-corrected chi connectivity index (χ2v) is 7.10. The molecule has 0 amide bonds. The highest BCUT2D eigenvalue weighted by atomic mass is 16.3. The molecular formula is C16H24O2. The number of aliphatic hydroxyl groups is 1. The summed E-state index contributed by atoms with van der Waals surface area (Å²) in [7, 11) is 0. The van der Waals surface area contributed by atoms with Crippen LogP contribution in [0.1, 0.15) is 41.5 Å². The second kappa shape index (κ2) is 4.42. The molecule has 0 radical (unpaired) electrons. The summed E-state index contributed by atoms with van der Waals surface area (Å²) in [6, 6.07) is 0. The summed E-state index contributed by atoms with van der Waals surface area (Å²) in [5.74, 6) is 0.186. The van der Waals surface area contributed by atoms with E-state index in [4.69, 9.17) is 0 Å². The molecule has 2 nitrogen and oxygen atoms in total. The van der Waals surface area contributed by atoms with Crippen LogP contribution in [0.5, 0.6) is 0 Å². The van der Waals surface area contributed by atoms with E-state index in [9.17, 15) is 9.90 Å². The lowest BCUT2D eigenvalue weighted by Gasteiger charge is -2.41.